The van der Waals surface area contributed by atoms with Gasteiger partial charge in [0.15, 0.2) is 5.78 Å². The van der Waals surface area contributed by atoms with Crippen molar-refractivity contribution >= 4 is 5.78 Å². The minimum Gasteiger partial charge on any atom is -0.488 e. The zero-order chi connectivity index (χ0) is 13.0. The minimum absolute atomic E-state index is 0.0294. The Labute approximate surface area is 107 Å². The van der Waals surface area contributed by atoms with E-state index in [0.717, 1.165) is 11.1 Å². The van der Waals surface area contributed by atoms with Gasteiger partial charge in [0.25, 0.3) is 0 Å². The molecule has 0 unspecified atom stereocenters. The number of para-hydroxylation sites is 1. The van der Waals surface area contributed by atoms with E-state index >= 15 is 0 Å². The number of Topliss-reactive ketones (excluding diaryl/α,β-unsaturated/α-hetero) is 1. The molecule has 0 aliphatic rings. The molecule has 0 bridgehead atoms. The lowest BCUT2D eigenvalue weighted by atomic mass is 10.1. The van der Waals surface area contributed by atoms with Crippen LogP contribution in [0.25, 0.3) is 0 Å². The molecular formula is C16H16O2. The van der Waals surface area contributed by atoms with Gasteiger partial charge in [0.1, 0.15) is 12.4 Å². The molecule has 0 aromatic heterocycles. The lowest BCUT2D eigenvalue weighted by Crippen LogP contribution is -2.03. The Hall–Kier alpha value is -2.09. The highest BCUT2D eigenvalue weighted by Gasteiger charge is 2.10. The van der Waals surface area contributed by atoms with Gasteiger partial charge in [0.2, 0.25) is 0 Å². The Balaban J connectivity index is 2.21. The highest BCUT2D eigenvalue weighted by Crippen LogP contribution is 2.24. The molecule has 0 radical (unpaired) electrons. The smallest absolute Gasteiger partial charge is 0.163 e. The van der Waals surface area contributed by atoms with Gasteiger partial charge in [0, 0.05) is 0 Å². The Morgan fingerprint density at radius 2 is 1.78 bits per heavy atom. The molecule has 2 aromatic carbocycles. The highest BCUT2D eigenvalue weighted by atomic mass is 16.5. The van der Waals surface area contributed by atoms with Crippen LogP contribution in [0.1, 0.15) is 28.4 Å². The van der Waals surface area contributed by atoms with Crippen LogP contribution in [0.15, 0.2) is 48.5 Å². The number of ether oxygens (including phenoxy) is 1. The number of carbonyl (C=O) groups excluding carboxylic acids is 1. The maximum Gasteiger partial charge on any atom is 0.163 e. The van der Waals surface area contributed by atoms with E-state index in [-0.39, 0.29) is 5.78 Å². The van der Waals surface area contributed by atoms with Gasteiger partial charge in [-0.2, -0.15) is 0 Å². The lowest BCUT2D eigenvalue weighted by Gasteiger charge is -2.12. The van der Waals surface area contributed by atoms with Crippen molar-refractivity contribution in [1.29, 1.82) is 0 Å². The molecular weight excluding hydrogens is 224 g/mol. The van der Waals surface area contributed by atoms with Crippen molar-refractivity contribution in [2.75, 3.05) is 0 Å². The van der Waals surface area contributed by atoms with Gasteiger partial charge in [0.05, 0.1) is 5.56 Å². The summed E-state index contributed by atoms with van der Waals surface area (Å²) < 4.78 is 5.79. The van der Waals surface area contributed by atoms with Crippen LogP contribution in [0.3, 0.4) is 0 Å². The van der Waals surface area contributed by atoms with Crippen LogP contribution < -0.4 is 4.74 Å². The number of ketones is 1. The van der Waals surface area contributed by atoms with Crippen LogP contribution >= 0.6 is 0 Å². The second kappa shape index (κ2) is 5.50. The van der Waals surface area contributed by atoms with Gasteiger partial charge in [-0.15, -0.1) is 0 Å². The Morgan fingerprint density at radius 3 is 2.44 bits per heavy atom. The number of aryl methyl sites for hydroxylation is 1. The average Bonchev–Trinajstić information content (AvgIpc) is 2.38. The van der Waals surface area contributed by atoms with Crippen LogP contribution in [-0.2, 0) is 6.61 Å². The number of rotatable bonds is 4. The van der Waals surface area contributed by atoms with Crippen LogP contribution in [-0.4, -0.2) is 5.78 Å². The molecule has 0 spiro atoms. The first kappa shape index (κ1) is 12.4. The molecule has 0 aliphatic heterocycles. The summed E-state index contributed by atoms with van der Waals surface area (Å²) in [7, 11) is 0. The van der Waals surface area contributed by atoms with Gasteiger partial charge in [-0.1, -0.05) is 42.5 Å². The molecule has 18 heavy (non-hydrogen) atoms. The van der Waals surface area contributed by atoms with E-state index in [9.17, 15) is 4.79 Å². The van der Waals surface area contributed by atoms with Gasteiger partial charge in [-0.3, -0.25) is 4.79 Å². The largest absolute Gasteiger partial charge is 0.488 e. The van der Waals surface area contributed by atoms with E-state index < -0.39 is 0 Å². The third-order valence-electron chi connectivity index (χ3n) is 2.82. The van der Waals surface area contributed by atoms with Crippen molar-refractivity contribution in [2.45, 2.75) is 20.5 Å². The van der Waals surface area contributed by atoms with E-state index in [1.54, 1.807) is 13.0 Å². The standard InChI is InChI=1S/C16H16O2/c1-12-7-6-10-15(13(2)17)16(12)18-11-14-8-4-3-5-9-14/h3-10H,11H2,1-2H3. The summed E-state index contributed by atoms with van der Waals surface area (Å²) in [6, 6.07) is 15.6. The zero-order valence-electron chi connectivity index (χ0n) is 10.6. The lowest BCUT2D eigenvalue weighted by molar-refractivity contribution is 0.101. The molecule has 2 aromatic rings. The van der Waals surface area contributed by atoms with Crippen LogP contribution in [0.4, 0.5) is 0 Å². The molecule has 0 saturated heterocycles. The summed E-state index contributed by atoms with van der Waals surface area (Å²) in [6.07, 6.45) is 0. The maximum atomic E-state index is 11.5. The highest BCUT2D eigenvalue weighted by molar-refractivity contribution is 5.97. The van der Waals surface area contributed by atoms with E-state index in [1.807, 2.05) is 49.4 Å². The topological polar surface area (TPSA) is 26.3 Å². The predicted octanol–water partition coefficient (Wildman–Crippen LogP) is 3.78. The minimum atomic E-state index is 0.0294. The van der Waals surface area contributed by atoms with E-state index in [2.05, 4.69) is 0 Å². The molecule has 2 heteroatoms. The fraction of sp³-hybridized carbons (Fsp3) is 0.188. The van der Waals surface area contributed by atoms with Gasteiger partial charge in [-0.05, 0) is 31.0 Å². The van der Waals surface area contributed by atoms with Crippen molar-refractivity contribution in [3.8, 4) is 5.75 Å². The fourth-order valence-electron chi connectivity index (χ4n) is 1.85. The first-order valence-corrected chi connectivity index (χ1v) is 5.96. The first-order valence-electron chi connectivity index (χ1n) is 5.96. The molecule has 0 saturated carbocycles. The van der Waals surface area contributed by atoms with Crippen molar-refractivity contribution in [3.05, 3.63) is 65.2 Å². The second-order valence-corrected chi connectivity index (χ2v) is 4.28. The Kier molecular flexibility index (Phi) is 3.78. The fourth-order valence-corrected chi connectivity index (χ4v) is 1.85. The molecule has 92 valence electrons. The summed E-state index contributed by atoms with van der Waals surface area (Å²) >= 11 is 0. The van der Waals surface area contributed by atoms with Crippen molar-refractivity contribution in [3.63, 3.8) is 0 Å². The van der Waals surface area contributed by atoms with Crippen LogP contribution in [0.2, 0.25) is 0 Å². The van der Waals surface area contributed by atoms with Crippen LogP contribution in [0, 0.1) is 6.92 Å². The van der Waals surface area contributed by atoms with Crippen molar-refractivity contribution < 1.29 is 9.53 Å². The third kappa shape index (κ3) is 2.77. The molecule has 2 rings (SSSR count). The summed E-state index contributed by atoms with van der Waals surface area (Å²) in [4.78, 5) is 11.5. The number of benzene rings is 2. The maximum absolute atomic E-state index is 11.5. The Morgan fingerprint density at radius 1 is 1.06 bits per heavy atom. The molecule has 0 aliphatic carbocycles. The molecule has 2 nitrogen and oxygen atoms in total. The van der Waals surface area contributed by atoms with Crippen molar-refractivity contribution in [1.82, 2.24) is 0 Å². The monoisotopic (exact) mass is 240 g/mol. The molecule has 0 heterocycles. The van der Waals surface area contributed by atoms with Gasteiger partial charge >= 0.3 is 0 Å². The van der Waals surface area contributed by atoms with Gasteiger partial charge < -0.3 is 4.74 Å². The molecule has 0 N–H and O–H groups in total. The van der Waals surface area contributed by atoms with Crippen molar-refractivity contribution in [2.24, 2.45) is 0 Å². The quantitative estimate of drug-likeness (QED) is 0.760. The predicted molar refractivity (Wildman–Crippen MR) is 72.0 cm³/mol. The van der Waals surface area contributed by atoms with Gasteiger partial charge in [-0.25, -0.2) is 0 Å². The number of hydrogen-bond donors (Lipinski definition) is 0. The number of carbonyl (C=O) groups is 1. The summed E-state index contributed by atoms with van der Waals surface area (Å²) in [6.45, 7) is 3.99. The summed E-state index contributed by atoms with van der Waals surface area (Å²) in [5, 5.41) is 0. The summed E-state index contributed by atoms with van der Waals surface area (Å²) in [5.74, 6) is 0.718. The third-order valence-corrected chi connectivity index (χ3v) is 2.82. The SMILES string of the molecule is CC(=O)c1cccc(C)c1OCc1ccccc1. The van der Waals surface area contributed by atoms with Crippen LogP contribution in [0.5, 0.6) is 5.75 Å². The average molecular weight is 240 g/mol. The molecule has 0 amide bonds. The Bertz CT molecular complexity index is 544. The van der Waals surface area contributed by atoms with E-state index in [4.69, 9.17) is 4.74 Å². The molecule has 0 fully saturated rings. The first-order chi connectivity index (χ1) is 8.68. The molecule has 0 atom stereocenters. The van der Waals surface area contributed by atoms with E-state index in [1.165, 1.54) is 0 Å². The second-order valence-electron chi connectivity index (χ2n) is 4.28. The van der Waals surface area contributed by atoms with E-state index in [0.29, 0.717) is 17.9 Å². The zero-order valence-corrected chi connectivity index (χ0v) is 10.6. The summed E-state index contributed by atoms with van der Waals surface area (Å²) in [5.41, 5.74) is 2.72. The normalized spacial score (nSPS) is 10.1. The number of hydrogen-bond acceptors (Lipinski definition) is 2.